The largest absolute Gasteiger partial charge is 0.496 e. The molecule has 1 aliphatic rings. The van der Waals surface area contributed by atoms with Crippen LogP contribution in [0, 0.1) is 17.2 Å². The van der Waals surface area contributed by atoms with Crippen molar-refractivity contribution in [1.82, 2.24) is 10.1 Å². The Morgan fingerprint density at radius 1 is 1.09 bits per heavy atom. The van der Waals surface area contributed by atoms with E-state index in [0.717, 1.165) is 59.1 Å². The first-order valence-corrected chi connectivity index (χ1v) is 10.7. The van der Waals surface area contributed by atoms with Crippen molar-refractivity contribution >= 4 is 0 Å². The van der Waals surface area contributed by atoms with Crippen LogP contribution in [0.15, 0.2) is 47.0 Å². The summed E-state index contributed by atoms with van der Waals surface area (Å²) in [6.45, 7) is 4.56. The zero-order valence-electron chi connectivity index (χ0n) is 18.6. The van der Waals surface area contributed by atoms with E-state index in [9.17, 15) is 0 Å². The molecule has 32 heavy (non-hydrogen) atoms. The fourth-order valence-corrected chi connectivity index (χ4v) is 3.90. The van der Waals surface area contributed by atoms with E-state index in [0.29, 0.717) is 18.9 Å². The minimum absolute atomic E-state index is 0.0959. The molecule has 2 aromatic carbocycles. The maximum Gasteiger partial charge on any atom is 0.174 e. The standard InChI is InChI=1S/C25H27N3O4/c1-4-20-11-21(32-27-20)16-31-22-9-8-18(10-19(22)15-28-13-17(12-26)14-28)25-23(29-2)6-5-7-24(25)30-3/h5-11,17H,4,13-16H2,1-3H3. The van der Waals surface area contributed by atoms with E-state index in [2.05, 4.69) is 22.2 Å². The molecule has 1 aromatic heterocycles. The monoisotopic (exact) mass is 433 g/mol. The molecule has 166 valence electrons. The van der Waals surface area contributed by atoms with Gasteiger partial charge in [0.2, 0.25) is 0 Å². The van der Waals surface area contributed by atoms with Crippen LogP contribution in [0.3, 0.4) is 0 Å². The normalized spacial score (nSPS) is 13.9. The molecule has 0 unspecified atom stereocenters. The van der Waals surface area contributed by atoms with E-state index < -0.39 is 0 Å². The van der Waals surface area contributed by atoms with Crippen LogP contribution in [0.25, 0.3) is 11.1 Å². The maximum atomic E-state index is 9.12. The summed E-state index contributed by atoms with van der Waals surface area (Å²) in [5.74, 6) is 3.05. The summed E-state index contributed by atoms with van der Waals surface area (Å²) in [6, 6.07) is 16.1. The Morgan fingerprint density at radius 2 is 1.84 bits per heavy atom. The molecule has 4 rings (SSSR count). The first-order chi connectivity index (χ1) is 15.6. The third kappa shape index (κ3) is 4.56. The number of hydrogen-bond donors (Lipinski definition) is 0. The van der Waals surface area contributed by atoms with Gasteiger partial charge < -0.3 is 18.7 Å². The number of nitrogens with zero attached hydrogens (tertiary/aromatic N) is 3. The zero-order chi connectivity index (χ0) is 22.5. The van der Waals surface area contributed by atoms with Crippen molar-refractivity contribution in [2.24, 2.45) is 5.92 Å². The number of aromatic nitrogens is 1. The molecule has 3 aromatic rings. The van der Waals surface area contributed by atoms with E-state index in [-0.39, 0.29) is 5.92 Å². The average Bonchev–Trinajstić information content (AvgIpc) is 3.27. The molecule has 1 saturated heterocycles. The Hall–Kier alpha value is -3.50. The van der Waals surface area contributed by atoms with E-state index in [1.165, 1.54) is 0 Å². The number of ether oxygens (including phenoxy) is 3. The second-order valence-corrected chi connectivity index (χ2v) is 7.81. The lowest BCUT2D eigenvalue weighted by molar-refractivity contribution is 0.124. The van der Waals surface area contributed by atoms with Gasteiger partial charge in [0.15, 0.2) is 5.76 Å². The zero-order valence-corrected chi connectivity index (χ0v) is 18.6. The number of hydrogen-bond acceptors (Lipinski definition) is 7. The van der Waals surface area contributed by atoms with Crippen LogP contribution in [0.2, 0.25) is 0 Å². The van der Waals surface area contributed by atoms with Gasteiger partial charge in [-0.3, -0.25) is 4.90 Å². The van der Waals surface area contributed by atoms with Gasteiger partial charge >= 0.3 is 0 Å². The molecule has 1 aliphatic heterocycles. The number of methoxy groups -OCH3 is 2. The molecule has 7 heteroatoms. The summed E-state index contributed by atoms with van der Waals surface area (Å²) < 4.78 is 22.7. The quantitative estimate of drug-likeness (QED) is 0.493. The highest BCUT2D eigenvalue weighted by Gasteiger charge is 2.27. The van der Waals surface area contributed by atoms with Gasteiger partial charge in [0.25, 0.3) is 0 Å². The average molecular weight is 434 g/mol. The number of aryl methyl sites for hydroxylation is 1. The molecule has 0 spiro atoms. The van der Waals surface area contributed by atoms with Crippen LogP contribution in [-0.2, 0) is 19.6 Å². The lowest BCUT2D eigenvalue weighted by atomic mass is 9.97. The van der Waals surface area contributed by atoms with Crippen LogP contribution in [-0.4, -0.2) is 37.4 Å². The number of rotatable bonds is 9. The molecule has 0 N–H and O–H groups in total. The third-order valence-electron chi connectivity index (χ3n) is 5.65. The topological polar surface area (TPSA) is 80.8 Å². The van der Waals surface area contributed by atoms with Gasteiger partial charge in [-0.1, -0.05) is 24.2 Å². The molecule has 0 saturated carbocycles. The summed E-state index contributed by atoms with van der Waals surface area (Å²) in [5.41, 5.74) is 3.81. The number of benzene rings is 2. The molecule has 0 aliphatic carbocycles. The molecule has 0 bridgehead atoms. The van der Waals surface area contributed by atoms with Crippen molar-refractivity contribution < 1.29 is 18.7 Å². The Morgan fingerprint density at radius 3 is 2.47 bits per heavy atom. The highest BCUT2D eigenvalue weighted by Crippen LogP contribution is 2.40. The second kappa shape index (κ2) is 9.75. The van der Waals surface area contributed by atoms with Gasteiger partial charge in [0.1, 0.15) is 23.9 Å². The van der Waals surface area contributed by atoms with Crippen LogP contribution in [0.5, 0.6) is 17.2 Å². The molecular weight excluding hydrogens is 406 g/mol. The predicted octanol–water partition coefficient (Wildman–Crippen LogP) is 4.46. The molecule has 1 fully saturated rings. The lowest BCUT2D eigenvalue weighted by Crippen LogP contribution is -2.45. The fraction of sp³-hybridized carbons (Fsp3) is 0.360. The highest BCUT2D eigenvalue weighted by atomic mass is 16.5. The van der Waals surface area contributed by atoms with Gasteiger partial charge in [-0.25, -0.2) is 0 Å². The van der Waals surface area contributed by atoms with Crippen molar-refractivity contribution in [2.75, 3.05) is 27.3 Å². The van der Waals surface area contributed by atoms with Gasteiger partial charge in [-0.2, -0.15) is 5.26 Å². The Balaban J connectivity index is 1.64. The second-order valence-electron chi connectivity index (χ2n) is 7.81. The summed E-state index contributed by atoms with van der Waals surface area (Å²) in [6.07, 6.45) is 0.819. The Kier molecular flexibility index (Phi) is 6.62. The van der Waals surface area contributed by atoms with E-state index in [1.54, 1.807) is 14.2 Å². The Bertz CT molecular complexity index is 1090. The van der Waals surface area contributed by atoms with Crippen molar-refractivity contribution in [3.8, 4) is 34.4 Å². The first-order valence-electron chi connectivity index (χ1n) is 10.7. The van der Waals surface area contributed by atoms with Crippen molar-refractivity contribution in [3.63, 3.8) is 0 Å². The molecule has 0 radical (unpaired) electrons. The maximum absolute atomic E-state index is 9.12. The fourth-order valence-electron chi connectivity index (χ4n) is 3.90. The molecule has 0 atom stereocenters. The molecular formula is C25H27N3O4. The third-order valence-corrected chi connectivity index (χ3v) is 5.65. The smallest absolute Gasteiger partial charge is 0.174 e. The van der Waals surface area contributed by atoms with Crippen LogP contribution in [0.4, 0.5) is 0 Å². The van der Waals surface area contributed by atoms with Crippen molar-refractivity contribution in [1.29, 1.82) is 5.26 Å². The van der Waals surface area contributed by atoms with Gasteiger partial charge in [-0.05, 0) is 36.2 Å². The van der Waals surface area contributed by atoms with E-state index in [4.69, 9.17) is 24.0 Å². The molecule has 0 amide bonds. The summed E-state index contributed by atoms with van der Waals surface area (Å²) in [4.78, 5) is 2.24. The van der Waals surface area contributed by atoms with Crippen LogP contribution in [0.1, 0.15) is 23.9 Å². The minimum atomic E-state index is 0.0959. The predicted molar refractivity (Wildman–Crippen MR) is 120 cm³/mol. The summed E-state index contributed by atoms with van der Waals surface area (Å²) in [5, 5.41) is 13.1. The molecule has 2 heterocycles. The van der Waals surface area contributed by atoms with Crippen molar-refractivity contribution in [2.45, 2.75) is 26.5 Å². The van der Waals surface area contributed by atoms with Gasteiger partial charge in [0, 0.05) is 31.3 Å². The summed E-state index contributed by atoms with van der Waals surface area (Å²) in [7, 11) is 3.31. The van der Waals surface area contributed by atoms with E-state index >= 15 is 0 Å². The SMILES string of the molecule is CCc1cc(COc2ccc(-c3c(OC)cccc3OC)cc2CN2CC(C#N)C2)on1. The van der Waals surface area contributed by atoms with Gasteiger partial charge in [-0.15, -0.1) is 0 Å². The van der Waals surface area contributed by atoms with Gasteiger partial charge in [0.05, 0.1) is 37.5 Å². The number of nitriles is 1. The van der Waals surface area contributed by atoms with Crippen LogP contribution >= 0.6 is 0 Å². The minimum Gasteiger partial charge on any atom is -0.496 e. The summed E-state index contributed by atoms with van der Waals surface area (Å²) >= 11 is 0. The Labute approximate surface area is 188 Å². The van der Waals surface area contributed by atoms with E-state index in [1.807, 2.05) is 43.3 Å². The molecule has 7 nitrogen and oxygen atoms in total. The number of likely N-dealkylation sites (tertiary alicyclic amines) is 1. The van der Waals surface area contributed by atoms with Crippen LogP contribution < -0.4 is 14.2 Å². The first kappa shape index (κ1) is 21.7. The lowest BCUT2D eigenvalue weighted by Gasteiger charge is -2.35. The highest BCUT2D eigenvalue weighted by molar-refractivity contribution is 5.78. The van der Waals surface area contributed by atoms with Crippen molar-refractivity contribution in [3.05, 3.63) is 59.5 Å².